The summed E-state index contributed by atoms with van der Waals surface area (Å²) in [7, 11) is 0. The molecule has 0 amide bonds. The molecule has 13 heavy (non-hydrogen) atoms. The molecule has 1 aliphatic heterocycles. The Morgan fingerprint density at radius 1 is 1.69 bits per heavy atom. The molecular formula is C8H9ClN2OS. The van der Waals surface area contributed by atoms with Crippen LogP contribution in [-0.4, -0.2) is 16.0 Å². The summed E-state index contributed by atoms with van der Waals surface area (Å²) < 4.78 is 0. The molecule has 0 radical (unpaired) electrons. The average molecular weight is 217 g/mol. The zero-order valence-electron chi connectivity index (χ0n) is 6.92. The first-order valence-corrected chi connectivity index (χ1v) is 5.57. The fourth-order valence-electron chi connectivity index (χ4n) is 1.37. The van der Waals surface area contributed by atoms with Gasteiger partial charge in [-0.15, -0.1) is 0 Å². The van der Waals surface area contributed by atoms with Crippen molar-refractivity contribution in [3.8, 4) is 0 Å². The third-order valence-corrected chi connectivity index (χ3v) is 3.72. The number of hydrogen-bond acceptors (Lipinski definition) is 3. The van der Waals surface area contributed by atoms with Gasteiger partial charge in [0, 0.05) is 5.25 Å². The van der Waals surface area contributed by atoms with E-state index in [4.69, 9.17) is 11.6 Å². The second kappa shape index (κ2) is 3.72. The van der Waals surface area contributed by atoms with E-state index >= 15 is 0 Å². The Hall–Kier alpha value is -0.480. The molecule has 1 fully saturated rings. The van der Waals surface area contributed by atoms with Crippen LogP contribution in [-0.2, 0) is 0 Å². The third kappa shape index (κ3) is 1.89. The van der Waals surface area contributed by atoms with Crippen molar-refractivity contribution in [3.05, 3.63) is 27.1 Å². The maximum absolute atomic E-state index is 10.9. The standard InChI is InChI=1S/C8H9ClN2OS/c9-5-4-6(10-11-8(5)12)7-2-1-3-13-7/h4,7H,1-3H2,(H,11,12). The van der Waals surface area contributed by atoms with Gasteiger partial charge in [0.25, 0.3) is 5.56 Å². The number of thioether (sulfide) groups is 1. The van der Waals surface area contributed by atoms with Gasteiger partial charge in [-0.25, -0.2) is 5.10 Å². The molecular weight excluding hydrogens is 208 g/mol. The Bertz CT molecular complexity index is 359. The van der Waals surface area contributed by atoms with Crippen LogP contribution in [0.4, 0.5) is 0 Å². The number of halogens is 1. The summed E-state index contributed by atoms with van der Waals surface area (Å²) in [5.41, 5.74) is 0.584. The van der Waals surface area contributed by atoms with Crippen LogP contribution < -0.4 is 5.56 Å². The highest BCUT2D eigenvalue weighted by atomic mass is 35.5. The van der Waals surface area contributed by atoms with E-state index in [1.54, 1.807) is 6.07 Å². The molecule has 1 unspecified atom stereocenters. The van der Waals surface area contributed by atoms with Gasteiger partial charge < -0.3 is 0 Å². The first-order valence-electron chi connectivity index (χ1n) is 4.14. The molecule has 3 nitrogen and oxygen atoms in total. The maximum atomic E-state index is 10.9. The second-order valence-corrected chi connectivity index (χ2v) is 4.69. The van der Waals surface area contributed by atoms with Crippen molar-refractivity contribution in [3.63, 3.8) is 0 Å². The summed E-state index contributed by atoms with van der Waals surface area (Å²) in [6.45, 7) is 0. The van der Waals surface area contributed by atoms with Crippen LogP contribution >= 0.6 is 23.4 Å². The highest BCUT2D eigenvalue weighted by molar-refractivity contribution is 7.99. The van der Waals surface area contributed by atoms with E-state index < -0.39 is 0 Å². The van der Waals surface area contributed by atoms with Crippen LogP contribution in [0.5, 0.6) is 0 Å². The second-order valence-electron chi connectivity index (χ2n) is 2.97. The van der Waals surface area contributed by atoms with Gasteiger partial charge in [0.15, 0.2) is 0 Å². The van der Waals surface area contributed by atoms with Crippen LogP contribution in [0.2, 0.25) is 5.02 Å². The van der Waals surface area contributed by atoms with E-state index in [1.165, 1.54) is 12.2 Å². The fourth-order valence-corrected chi connectivity index (χ4v) is 2.77. The highest BCUT2D eigenvalue weighted by Crippen LogP contribution is 2.38. The lowest BCUT2D eigenvalue weighted by atomic mass is 10.2. The molecule has 0 bridgehead atoms. The first-order chi connectivity index (χ1) is 6.27. The lowest BCUT2D eigenvalue weighted by Crippen LogP contribution is -2.10. The van der Waals surface area contributed by atoms with Gasteiger partial charge in [-0.05, 0) is 24.7 Å². The van der Waals surface area contributed by atoms with Crippen molar-refractivity contribution in [2.45, 2.75) is 18.1 Å². The number of aromatic amines is 1. The number of nitrogens with one attached hydrogen (secondary N) is 1. The molecule has 0 aliphatic carbocycles. The molecule has 5 heteroatoms. The lowest BCUT2D eigenvalue weighted by molar-refractivity contribution is 0.779. The lowest BCUT2D eigenvalue weighted by Gasteiger charge is -2.05. The zero-order valence-corrected chi connectivity index (χ0v) is 8.49. The first kappa shape index (κ1) is 9.09. The van der Waals surface area contributed by atoms with Crippen molar-refractivity contribution in [1.29, 1.82) is 0 Å². The normalized spacial score (nSPS) is 22.1. The molecule has 1 aliphatic rings. The minimum absolute atomic E-state index is 0.234. The Kier molecular flexibility index (Phi) is 2.60. The number of rotatable bonds is 1. The zero-order chi connectivity index (χ0) is 9.26. The van der Waals surface area contributed by atoms with Crippen LogP contribution in [0.25, 0.3) is 0 Å². The minimum Gasteiger partial charge on any atom is -0.266 e. The van der Waals surface area contributed by atoms with Crippen LogP contribution in [0, 0.1) is 0 Å². The predicted molar refractivity (Wildman–Crippen MR) is 54.3 cm³/mol. The number of H-pyrrole nitrogens is 1. The van der Waals surface area contributed by atoms with Crippen molar-refractivity contribution >= 4 is 23.4 Å². The molecule has 1 aromatic rings. The Labute approximate surface area is 84.9 Å². The van der Waals surface area contributed by atoms with Gasteiger partial charge in [0.2, 0.25) is 0 Å². The highest BCUT2D eigenvalue weighted by Gasteiger charge is 2.19. The Balaban J connectivity index is 2.30. The van der Waals surface area contributed by atoms with Gasteiger partial charge in [-0.3, -0.25) is 4.79 Å². The van der Waals surface area contributed by atoms with Crippen molar-refractivity contribution in [2.24, 2.45) is 0 Å². The monoisotopic (exact) mass is 216 g/mol. The Morgan fingerprint density at radius 2 is 2.54 bits per heavy atom. The average Bonchev–Trinajstić information content (AvgIpc) is 2.62. The molecule has 1 saturated heterocycles. The fraction of sp³-hybridized carbons (Fsp3) is 0.500. The van der Waals surface area contributed by atoms with Crippen LogP contribution in [0.15, 0.2) is 10.9 Å². The quantitative estimate of drug-likeness (QED) is 0.781. The molecule has 1 aromatic heterocycles. The predicted octanol–water partition coefficient (Wildman–Crippen LogP) is 1.99. The van der Waals surface area contributed by atoms with E-state index in [0.717, 1.165) is 12.1 Å². The number of nitrogens with zero attached hydrogens (tertiary/aromatic N) is 1. The molecule has 70 valence electrons. The molecule has 0 saturated carbocycles. The van der Waals surface area contributed by atoms with E-state index in [-0.39, 0.29) is 10.6 Å². The summed E-state index contributed by atoms with van der Waals surface area (Å²) in [6, 6.07) is 1.67. The molecule has 0 aromatic carbocycles. The van der Waals surface area contributed by atoms with Gasteiger partial charge >= 0.3 is 0 Å². The van der Waals surface area contributed by atoms with Crippen molar-refractivity contribution in [2.75, 3.05) is 5.75 Å². The van der Waals surface area contributed by atoms with Crippen molar-refractivity contribution in [1.82, 2.24) is 10.2 Å². The topological polar surface area (TPSA) is 45.8 Å². The largest absolute Gasteiger partial charge is 0.282 e. The smallest absolute Gasteiger partial charge is 0.266 e. The molecule has 0 spiro atoms. The summed E-state index contributed by atoms with van der Waals surface area (Å²) in [4.78, 5) is 10.9. The molecule has 2 rings (SSSR count). The van der Waals surface area contributed by atoms with Crippen LogP contribution in [0.3, 0.4) is 0 Å². The van der Waals surface area contributed by atoms with Crippen LogP contribution in [0.1, 0.15) is 23.8 Å². The van der Waals surface area contributed by atoms with Crippen molar-refractivity contribution < 1.29 is 0 Å². The Morgan fingerprint density at radius 3 is 3.15 bits per heavy atom. The summed E-state index contributed by atoms with van der Waals surface area (Å²) in [6.07, 6.45) is 2.34. The SMILES string of the molecule is O=c1[nH]nc(C2CCCS2)cc1Cl. The maximum Gasteiger partial charge on any atom is 0.282 e. The van der Waals surface area contributed by atoms with E-state index in [2.05, 4.69) is 10.2 Å². The van der Waals surface area contributed by atoms with Gasteiger partial charge in [0.05, 0.1) is 5.69 Å². The van der Waals surface area contributed by atoms with E-state index in [9.17, 15) is 4.79 Å². The summed E-state index contributed by atoms with van der Waals surface area (Å²) >= 11 is 7.57. The van der Waals surface area contributed by atoms with Gasteiger partial charge in [-0.2, -0.15) is 16.9 Å². The minimum atomic E-state index is -0.312. The molecule has 2 heterocycles. The molecule has 1 N–H and O–H groups in total. The van der Waals surface area contributed by atoms with E-state index in [1.807, 2.05) is 11.8 Å². The summed E-state index contributed by atoms with van der Waals surface area (Å²) in [5, 5.41) is 7.02. The van der Waals surface area contributed by atoms with Gasteiger partial charge in [0.1, 0.15) is 5.02 Å². The molecule has 1 atom stereocenters. The number of hydrogen-bond donors (Lipinski definition) is 1. The van der Waals surface area contributed by atoms with Gasteiger partial charge in [-0.1, -0.05) is 11.6 Å². The number of aromatic nitrogens is 2. The van der Waals surface area contributed by atoms with E-state index in [0.29, 0.717) is 5.25 Å². The summed E-state index contributed by atoms with van der Waals surface area (Å²) in [5.74, 6) is 1.17. The third-order valence-electron chi connectivity index (χ3n) is 2.04.